The van der Waals surface area contributed by atoms with Gasteiger partial charge >= 0.3 is 0 Å². The van der Waals surface area contributed by atoms with Crippen molar-refractivity contribution in [3.05, 3.63) is 78.1 Å². The minimum absolute atomic E-state index is 0.244. The summed E-state index contributed by atoms with van der Waals surface area (Å²) in [5, 5.41) is 3.46. The van der Waals surface area contributed by atoms with Gasteiger partial charge in [0.25, 0.3) is 5.91 Å². The Hall–Kier alpha value is -3.25. The van der Waals surface area contributed by atoms with Crippen LogP contribution in [0, 0.1) is 11.7 Å². The minimum Gasteiger partial charge on any atom is -0.455 e. The number of rotatable bonds is 8. The Morgan fingerprint density at radius 1 is 1.09 bits per heavy atom. The third kappa shape index (κ3) is 4.68. The molecule has 4 rings (SSSR count). The van der Waals surface area contributed by atoms with Crippen LogP contribution in [0.15, 0.2) is 71.1 Å². The molecule has 3 aromatic carbocycles. The molecule has 1 unspecified atom stereocenters. The summed E-state index contributed by atoms with van der Waals surface area (Å²) in [4.78, 5) is 13.0. The standard InChI is InChI=1S/C28H29FN2O2S/c1-5-18(2)17-31(34-4)24-16-25-23(15-22(24)19-9-7-6-8-10-19)26(28(32)30-3)27(33-25)20-11-13-21(29)14-12-20/h6-16,18H,5,17H2,1-4H3,(H,30,32). The Labute approximate surface area is 204 Å². The van der Waals surface area contributed by atoms with Gasteiger partial charge < -0.3 is 14.0 Å². The number of anilines is 1. The second-order valence-electron chi connectivity index (χ2n) is 8.38. The van der Waals surface area contributed by atoms with Crippen LogP contribution in [0.4, 0.5) is 10.1 Å². The zero-order valence-corrected chi connectivity index (χ0v) is 20.7. The van der Waals surface area contributed by atoms with Gasteiger partial charge in [-0.05, 0) is 41.8 Å². The summed E-state index contributed by atoms with van der Waals surface area (Å²) in [6.07, 6.45) is 3.15. The number of nitrogens with zero attached hydrogens (tertiary/aromatic N) is 1. The molecular formula is C28H29FN2O2S. The normalized spacial score (nSPS) is 12.0. The van der Waals surface area contributed by atoms with Crippen LogP contribution >= 0.6 is 11.9 Å². The van der Waals surface area contributed by atoms with E-state index in [1.807, 2.05) is 30.3 Å². The molecule has 0 radical (unpaired) electrons. The van der Waals surface area contributed by atoms with Gasteiger partial charge in [-0.1, -0.05) is 62.5 Å². The van der Waals surface area contributed by atoms with Gasteiger partial charge in [-0.15, -0.1) is 0 Å². The molecule has 0 bridgehead atoms. The maximum Gasteiger partial charge on any atom is 0.255 e. The predicted octanol–water partition coefficient (Wildman–Crippen LogP) is 7.40. The Morgan fingerprint density at radius 3 is 2.41 bits per heavy atom. The van der Waals surface area contributed by atoms with E-state index < -0.39 is 0 Å². The van der Waals surface area contributed by atoms with Crippen molar-refractivity contribution in [3.63, 3.8) is 0 Å². The van der Waals surface area contributed by atoms with Crippen molar-refractivity contribution in [3.8, 4) is 22.5 Å². The number of amides is 1. The number of hydrogen-bond donors (Lipinski definition) is 1. The largest absolute Gasteiger partial charge is 0.455 e. The summed E-state index contributed by atoms with van der Waals surface area (Å²) in [7, 11) is 1.60. The Kier molecular flexibility index (Phi) is 7.27. The topological polar surface area (TPSA) is 45.5 Å². The SMILES string of the molecule is CCC(C)CN(SC)c1cc2oc(-c3ccc(F)cc3)c(C(=O)NC)c2cc1-c1ccccc1. The molecule has 0 aliphatic rings. The molecule has 0 fully saturated rings. The van der Waals surface area contributed by atoms with Crippen LogP contribution in [0.3, 0.4) is 0 Å². The molecule has 34 heavy (non-hydrogen) atoms. The van der Waals surface area contributed by atoms with Gasteiger partial charge in [0.1, 0.15) is 17.2 Å². The van der Waals surface area contributed by atoms with Crippen molar-refractivity contribution < 1.29 is 13.6 Å². The fourth-order valence-corrected chi connectivity index (χ4v) is 4.78. The van der Waals surface area contributed by atoms with Crippen LogP contribution in [-0.2, 0) is 0 Å². The summed E-state index contributed by atoms with van der Waals surface area (Å²) in [5.74, 6) is 0.365. The second kappa shape index (κ2) is 10.3. The van der Waals surface area contributed by atoms with E-state index in [0.29, 0.717) is 28.4 Å². The molecule has 4 nitrogen and oxygen atoms in total. The lowest BCUT2D eigenvalue weighted by Gasteiger charge is -2.27. The first-order chi connectivity index (χ1) is 16.5. The van der Waals surface area contributed by atoms with E-state index in [-0.39, 0.29) is 11.7 Å². The van der Waals surface area contributed by atoms with E-state index in [1.54, 1.807) is 31.1 Å². The van der Waals surface area contributed by atoms with E-state index in [2.05, 4.69) is 41.9 Å². The highest BCUT2D eigenvalue weighted by atomic mass is 32.2. The minimum atomic E-state index is -0.337. The third-order valence-corrected chi connectivity index (χ3v) is 6.90. The highest BCUT2D eigenvalue weighted by Gasteiger charge is 2.25. The van der Waals surface area contributed by atoms with Crippen molar-refractivity contribution in [2.75, 3.05) is 24.2 Å². The zero-order valence-electron chi connectivity index (χ0n) is 19.9. The molecule has 0 saturated carbocycles. The first-order valence-electron chi connectivity index (χ1n) is 11.4. The number of benzene rings is 3. The van der Waals surface area contributed by atoms with Gasteiger partial charge in [0.2, 0.25) is 0 Å². The lowest BCUT2D eigenvalue weighted by Crippen LogP contribution is -2.21. The van der Waals surface area contributed by atoms with Gasteiger partial charge in [0.15, 0.2) is 0 Å². The molecule has 4 aromatic rings. The molecule has 0 aliphatic carbocycles. The molecule has 0 aliphatic heterocycles. The maximum atomic E-state index is 13.6. The van der Waals surface area contributed by atoms with Crippen LogP contribution < -0.4 is 9.62 Å². The molecule has 1 heterocycles. The van der Waals surface area contributed by atoms with Crippen molar-refractivity contribution in [2.24, 2.45) is 5.92 Å². The van der Waals surface area contributed by atoms with Gasteiger partial charge in [-0.3, -0.25) is 4.79 Å². The summed E-state index contributed by atoms with van der Waals surface area (Å²) in [6, 6.07) is 20.3. The fraction of sp³-hybridized carbons (Fsp3) is 0.250. The molecule has 0 spiro atoms. The Balaban J connectivity index is 2.00. The fourth-order valence-electron chi connectivity index (χ4n) is 4.03. The third-order valence-electron chi connectivity index (χ3n) is 6.12. The molecule has 1 atom stereocenters. The van der Waals surface area contributed by atoms with E-state index in [1.165, 1.54) is 12.1 Å². The van der Waals surface area contributed by atoms with Gasteiger partial charge in [-0.2, -0.15) is 0 Å². The number of nitrogens with one attached hydrogen (secondary N) is 1. The summed E-state index contributed by atoms with van der Waals surface area (Å²) < 4.78 is 22.1. The summed E-state index contributed by atoms with van der Waals surface area (Å²) >= 11 is 1.67. The van der Waals surface area contributed by atoms with Crippen LogP contribution in [0.25, 0.3) is 33.4 Å². The monoisotopic (exact) mass is 476 g/mol. The Bertz CT molecular complexity index is 1290. The number of halogens is 1. The molecule has 1 N–H and O–H groups in total. The van der Waals surface area contributed by atoms with Crippen molar-refractivity contribution in [1.29, 1.82) is 0 Å². The highest BCUT2D eigenvalue weighted by Crippen LogP contribution is 2.42. The number of fused-ring (bicyclic) bond motifs is 1. The number of carbonyl (C=O) groups is 1. The molecule has 0 saturated heterocycles. The number of carbonyl (C=O) groups excluding carboxylic acids is 1. The smallest absolute Gasteiger partial charge is 0.255 e. The average molecular weight is 477 g/mol. The van der Waals surface area contributed by atoms with Crippen LogP contribution in [0.1, 0.15) is 30.6 Å². The number of furan rings is 1. The van der Waals surface area contributed by atoms with Gasteiger partial charge in [-0.25, -0.2) is 4.39 Å². The van der Waals surface area contributed by atoms with Crippen LogP contribution in [0.5, 0.6) is 0 Å². The Morgan fingerprint density at radius 2 is 1.79 bits per heavy atom. The first-order valence-corrected chi connectivity index (χ1v) is 12.6. The second-order valence-corrected chi connectivity index (χ2v) is 9.19. The van der Waals surface area contributed by atoms with E-state index in [4.69, 9.17) is 4.42 Å². The van der Waals surface area contributed by atoms with Gasteiger partial charge in [0.05, 0.1) is 11.3 Å². The van der Waals surface area contributed by atoms with Crippen molar-refractivity contribution >= 4 is 34.5 Å². The highest BCUT2D eigenvalue weighted by molar-refractivity contribution is 8.00. The lowest BCUT2D eigenvalue weighted by molar-refractivity contribution is 0.0964. The molecule has 6 heteroatoms. The van der Waals surface area contributed by atoms with Gasteiger partial charge in [0, 0.05) is 42.4 Å². The predicted molar refractivity (Wildman–Crippen MR) is 141 cm³/mol. The molecular weight excluding hydrogens is 447 g/mol. The maximum absolute atomic E-state index is 13.6. The van der Waals surface area contributed by atoms with E-state index >= 15 is 0 Å². The summed E-state index contributed by atoms with van der Waals surface area (Å²) in [5.41, 5.74) is 4.85. The lowest BCUT2D eigenvalue weighted by atomic mass is 9.98. The van der Waals surface area contributed by atoms with E-state index in [9.17, 15) is 9.18 Å². The van der Waals surface area contributed by atoms with Crippen LogP contribution in [0.2, 0.25) is 0 Å². The van der Waals surface area contributed by atoms with E-state index in [0.717, 1.165) is 35.2 Å². The zero-order chi connectivity index (χ0) is 24.2. The summed E-state index contributed by atoms with van der Waals surface area (Å²) in [6.45, 7) is 5.33. The molecule has 1 amide bonds. The number of hydrogen-bond acceptors (Lipinski definition) is 4. The quantitative estimate of drug-likeness (QED) is 0.269. The van der Waals surface area contributed by atoms with Crippen molar-refractivity contribution in [1.82, 2.24) is 5.32 Å². The first kappa shape index (κ1) is 23.9. The molecule has 1 aromatic heterocycles. The average Bonchev–Trinajstić information content (AvgIpc) is 3.25. The van der Waals surface area contributed by atoms with Crippen LogP contribution in [-0.4, -0.2) is 25.8 Å². The van der Waals surface area contributed by atoms with Crippen molar-refractivity contribution in [2.45, 2.75) is 20.3 Å². The molecule has 176 valence electrons.